The zero-order valence-electron chi connectivity index (χ0n) is 8.58. The summed E-state index contributed by atoms with van der Waals surface area (Å²) in [7, 11) is 0. The Labute approximate surface area is 110 Å². The summed E-state index contributed by atoms with van der Waals surface area (Å²) in [5, 5.41) is 10.5. The van der Waals surface area contributed by atoms with Crippen LogP contribution in [0.25, 0.3) is 0 Å². The lowest BCUT2D eigenvalue weighted by atomic mass is 10.3. The topological polar surface area (TPSA) is 43.1 Å². The van der Waals surface area contributed by atoms with Gasteiger partial charge in [-0.05, 0) is 29.6 Å². The maximum absolute atomic E-state index is 12.1. The lowest BCUT2D eigenvalue weighted by Crippen LogP contribution is -2.02. The molecule has 0 aliphatic rings. The van der Waals surface area contributed by atoms with E-state index in [1.807, 2.05) is 0 Å². The van der Waals surface area contributed by atoms with E-state index in [0.29, 0.717) is 18.2 Å². The molecular formula is C8H3F6NO2S2. The molecule has 11 heteroatoms. The molecule has 0 aromatic heterocycles. The van der Waals surface area contributed by atoms with Crippen LogP contribution in [0.3, 0.4) is 0 Å². The second-order valence-electron chi connectivity index (χ2n) is 3.02. The smallest absolute Gasteiger partial charge is 0.258 e. The second kappa shape index (κ2) is 5.49. The Balaban J connectivity index is 3.14. The number of hydrogen-bond donors (Lipinski definition) is 0. The zero-order valence-corrected chi connectivity index (χ0v) is 10.2. The van der Waals surface area contributed by atoms with Crippen molar-refractivity contribution in [2.24, 2.45) is 0 Å². The van der Waals surface area contributed by atoms with Crippen LogP contribution in [0.1, 0.15) is 0 Å². The molecule has 0 N–H and O–H groups in total. The van der Waals surface area contributed by atoms with Gasteiger partial charge in [-0.3, -0.25) is 10.1 Å². The molecule has 0 spiro atoms. The van der Waals surface area contributed by atoms with Gasteiger partial charge >= 0.3 is 11.0 Å². The van der Waals surface area contributed by atoms with E-state index in [1.54, 1.807) is 0 Å². The highest BCUT2D eigenvalue weighted by molar-refractivity contribution is 8.01. The molecule has 0 amide bonds. The highest BCUT2D eigenvalue weighted by Crippen LogP contribution is 2.43. The third kappa shape index (κ3) is 6.05. The number of hydrogen-bond acceptors (Lipinski definition) is 4. The molecule has 0 aliphatic heterocycles. The number of benzene rings is 1. The molecule has 0 saturated heterocycles. The van der Waals surface area contributed by atoms with E-state index >= 15 is 0 Å². The fourth-order valence-corrected chi connectivity index (χ4v) is 2.39. The van der Waals surface area contributed by atoms with Gasteiger partial charge in [0.1, 0.15) is 0 Å². The van der Waals surface area contributed by atoms with Crippen molar-refractivity contribution < 1.29 is 31.3 Å². The quantitative estimate of drug-likeness (QED) is 0.346. The van der Waals surface area contributed by atoms with Gasteiger partial charge in [-0.15, -0.1) is 0 Å². The van der Waals surface area contributed by atoms with Crippen LogP contribution in [0.4, 0.5) is 32.0 Å². The van der Waals surface area contributed by atoms with Crippen molar-refractivity contribution in [3.8, 4) is 0 Å². The maximum atomic E-state index is 12.1. The number of halogens is 6. The van der Waals surface area contributed by atoms with Crippen LogP contribution in [0.5, 0.6) is 0 Å². The molecule has 1 aromatic carbocycles. The number of nitro groups is 1. The predicted octanol–water partition coefficient (Wildman–Crippen LogP) is 4.82. The third-order valence-corrected chi connectivity index (χ3v) is 2.95. The summed E-state index contributed by atoms with van der Waals surface area (Å²) >= 11 is -1.43. The summed E-state index contributed by atoms with van der Waals surface area (Å²) in [6, 6.07) is 1.74. The monoisotopic (exact) mass is 323 g/mol. The zero-order chi connectivity index (χ0) is 14.8. The van der Waals surface area contributed by atoms with Gasteiger partial charge in [0.2, 0.25) is 0 Å². The summed E-state index contributed by atoms with van der Waals surface area (Å²) in [5.41, 5.74) is -10.3. The van der Waals surface area contributed by atoms with Crippen molar-refractivity contribution in [3.05, 3.63) is 28.3 Å². The minimum Gasteiger partial charge on any atom is -0.258 e. The van der Waals surface area contributed by atoms with Gasteiger partial charge in [-0.25, -0.2) is 0 Å². The summed E-state index contributed by atoms with van der Waals surface area (Å²) in [4.78, 5) is 8.06. The van der Waals surface area contributed by atoms with Gasteiger partial charge in [-0.2, -0.15) is 26.3 Å². The van der Waals surface area contributed by atoms with Gasteiger partial charge in [0.25, 0.3) is 5.69 Å². The fourth-order valence-electron chi connectivity index (χ4n) is 1.05. The van der Waals surface area contributed by atoms with Gasteiger partial charge in [-0.1, -0.05) is 0 Å². The van der Waals surface area contributed by atoms with E-state index in [-0.39, 0.29) is 0 Å². The second-order valence-corrected chi connectivity index (χ2v) is 5.29. The Morgan fingerprint density at radius 2 is 1.26 bits per heavy atom. The van der Waals surface area contributed by atoms with Crippen molar-refractivity contribution in [1.82, 2.24) is 0 Å². The van der Waals surface area contributed by atoms with Crippen molar-refractivity contribution >= 4 is 29.2 Å². The molecule has 0 bridgehead atoms. The molecule has 0 saturated carbocycles. The minimum atomic E-state index is -4.74. The van der Waals surface area contributed by atoms with Crippen LogP contribution in [0.15, 0.2) is 28.0 Å². The first kappa shape index (κ1) is 16.0. The van der Waals surface area contributed by atoms with E-state index in [4.69, 9.17) is 0 Å². The predicted molar refractivity (Wildman–Crippen MR) is 56.9 cm³/mol. The molecule has 0 fully saturated rings. The Kier molecular flexibility index (Phi) is 4.61. The van der Waals surface area contributed by atoms with E-state index in [2.05, 4.69) is 0 Å². The Morgan fingerprint density at radius 1 is 0.895 bits per heavy atom. The first-order valence-electron chi connectivity index (χ1n) is 4.27. The van der Waals surface area contributed by atoms with Crippen molar-refractivity contribution in [1.29, 1.82) is 0 Å². The Hall–Kier alpha value is -1.10. The van der Waals surface area contributed by atoms with Crippen LogP contribution in [-0.2, 0) is 0 Å². The summed E-state index contributed by atoms with van der Waals surface area (Å²) in [5.74, 6) is 0. The summed E-state index contributed by atoms with van der Waals surface area (Å²) < 4.78 is 72.6. The molecular weight excluding hydrogens is 320 g/mol. The molecule has 19 heavy (non-hydrogen) atoms. The van der Waals surface area contributed by atoms with Crippen LogP contribution < -0.4 is 0 Å². The number of nitro benzene ring substituents is 1. The Bertz CT molecular complexity index is 453. The molecule has 3 nitrogen and oxygen atoms in total. The lowest BCUT2D eigenvalue weighted by molar-refractivity contribution is -0.385. The van der Waals surface area contributed by atoms with Gasteiger partial charge in [0, 0.05) is 21.9 Å². The van der Waals surface area contributed by atoms with Crippen molar-refractivity contribution in [2.75, 3.05) is 0 Å². The van der Waals surface area contributed by atoms with Crippen LogP contribution in [0, 0.1) is 10.1 Å². The van der Waals surface area contributed by atoms with Gasteiger partial charge < -0.3 is 0 Å². The average Bonchev–Trinajstić information content (AvgIpc) is 2.10. The SMILES string of the molecule is O=[N+]([O-])c1cc(SC(F)(F)F)cc(SC(F)(F)F)c1. The molecule has 0 radical (unpaired) electrons. The molecule has 1 aromatic rings. The number of non-ortho nitro benzene ring substituents is 1. The summed E-state index contributed by atoms with van der Waals surface area (Å²) in [6.07, 6.45) is 0. The van der Waals surface area contributed by atoms with Gasteiger partial charge in [0.05, 0.1) is 4.92 Å². The lowest BCUT2D eigenvalue weighted by Gasteiger charge is -2.09. The van der Waals surface area contributed by atoms with Crippen LogP contribution >= 0.6 is 23.5 Å². The molecule has 0 heterocycles. The van der Waals surface area contributed by atoms with Gasteiger partial charge in [0.15, 0.2) is 0 Å². The highest BCUT2D eigenvalue weighted by atomic mass is 32.2. The molecule has 106 valence electrons. The number of thioether (sulfide) groups is 2. The number of alkyl halides is 6. The fraction of sp³-hybridized carbons (Fsp3) is 0.250. The van der Waals surface area contributed by atoms with Crippen molar-refractivity contribution in [2.45, 2.75) is 20.8 Å². The third-order valence-electron chi connectivity index (χ3n) is 1.54. The molecule has 0 atom stereocenters. The maximum Gasteiger partial charge on any atom is 0.446 e. The first-order valence-corrected chi connectivity index (χ1v) is 5.90. The Morgan fingerprint density at radius 3 is 1.53 bits per heavy atom. The van der Waals surface area contributed by atoms with Crippen LogP contribution in [-0.4, -0.2) is 15.9 Å². The van der Waals surface area contributed by atoms with E-state index in [1.165, 1.54) is 0 Å². The van der Waals surface area contributed by atoms with E-state index < -0.39 is 54.9 Å². The minimum absolute atomic E-state index is 0.568. The largest absolute Gasteiger partial charge is 0.446 e. The molecule has 0 aliphatic carbocycles. The van der Waals surface area contributed by atoms with E-state index in [0.717, 1.165) is 0 Å². The molecule has 0 unspecified atom stereocenters. The van der Waals surface area contributed by atoms with Crippen LogP contribution in [0.2, 0.25) is 0 Å². The number of nitrogens with zero attached hydrogens (tertiary/aromatic N) is 1. The molecule has 1 rings (SSSR count). The summed E-state index contributed by atoms with van der Waals surface area (Å²) in [6.45, 7) is 0. The average molecular weight is 323 g/mol. The van der Waals surface area contributed by atoms with E-state index in [9.17, 15) is 36.5 Å². The van der Waals surface area contributed by atoms with Crippen molar-refractivity contribution in [3.63, 3.8) is 0 Å². The number of rotatable bonds is 3. The standard InChI is InChI=1S/C8H3F6NO2S2/c9-7(10,11)18-5-1-4(15(16)17)2-6(3-5)19-8(12,13)14/h1-3H. The first-order chi connectivity index (χ1) is 8.46. The normalized spacial score (nSPS) is 12.5. The highest BCUT2D eigenvalue weighted by Gasteiger charge is 2.33.